The maximum atomic E-state index is 9.61. The molecule has 0 N–H and O–H groups in total. The summed E-state index contributed by atoms with van der Waals surface area (Å²) in [4.78, 5) is 4.27. The Morgan fingerprint density at radius 2 is 2.05 bits per heavy atom. The fourth-order valence-corrected chi connectivity index (χ4v) is 3.15. The van der Waals surface area contributed by atoms with Crippen molar-refractivity contribution >= 4 is 0 Å². The fourth-order valence-electron chi connectivity index (χ4n) is 3.15. The summed E-state index contributed by atoms with van der Waals surface area (Å²) in [5, 5.41) is 13.7. The van der Waals surface area contributed by atoms with Gasteiger partial charge in [-0.15, -0.1) is 0 Å². The summed E-state index contributed by atoms with van der Waals surface area (Å²) in [5.41, 5.74) is 0.120. The third-order valence-electron chi connectivity index (χ3n) is 4.71. The highest BCUT2D eigenvalue weighted by Gasteiger charge is 2.39. The van der Waals surface area contributed by atoms with E-state index >= 15 is 0 Å². The van der Waals surface area contributed by atoms with Crippen LogP contribution in [0.2, 0.25) is 0 Å². The van der Waals surface area contributed by atoms with Gasteiger partial charge in [0.05, 0.1) is 11.5 Å². The van der Waals surface area contributed by atoms with Crippen molar-refractivity contribution in [1.82, 2.24) is 14.8 Å². The van der Waals surface area contributed by atoms with Gasteiger partial charge in [0.1, 0.15) is 12.2 Å². The SMILES string of the molecule is Cn1ncnc1CC1(C#N)CCC(C(C)(C)C)CC1. The molecule has 0 aromatic carbocycles. The summed E-state index contributed by atoms with van der Waals surface area (Å²) in [6, 6.07) is 2.57. The lowest BCUT2D eigenvalue weighted by Crippen LogP contribution is -2.33. The van der Waals surface area contributed by atoms with E-state index in [1.807, 2.05) is 7.05 Å². The summed E-state index contributed by atoms with van der Waals surface area (Å²) in [7, 11) is 1.90. The average molecular weight is 260 g/mol. The van der Waals surface area contributed by atoms with Crippen molar-refractivity contribution in [2.45, 2.75) is 52.9 Å². The van der Waals surface area contributed by atoms with Crippen molar-refractivity contribution < 1.29 is 0 Å². The maximum absolute atomic E-state index is 9.61. The Morgan fingerprint density at radius 1 is 1.42 bits per heavy atom. The molecule has 104 valence electrons. The van der Waals surface area contributed by atoms with Crippen LogP contribution < -0.4 is 0 Å². The van der Waals surface area contributed by atoms with Gasteiger partial charge in [0.15, 0.2) is 0 Å². The van der Waals surface area contributed by atoms with Crippen molar-refractivity contribution in [3.05, 3.63) is 12.2 Å². The van der Waals surface area contributed by atoms with Crippen LogP contribution in [-0.2, 0) is 13.5 Å². The van der Waals surface area contributed by atoms with Crippen LogP contribution in [-0.4, -0.2) is 14.8 Å². The molecular weight excluding hydrogens is 236 g/mol. The summed E-state index contributed by atoms with van der Waals surface area (Å²) in [6.45, 7) is 6.92. The second-order valence-corrected chi connectivity index (χ2v) is 7.01. The Morgan fingerprint density at radius 3 is 2.47 bits per heavy atom. The van der Waals surface area contributed by atoms with Crippen molar-refractivity contribution in [2.75, 3.05) is 0 Å². The molecule has 0 amide bonds. The van der Waals surface area contributed by atoms with Gasteiger partial charge in [0.2, 0.25) is 0 Å². The molecule has 1 aromatic rings. The second-order valence-electron chi connectivity index (χ2n) is 7.01. The van der Waals surface area contributed by atoms with Gasteiger partial charge in [0, 0.05) is 13.5 Å². The molecule has 0 atom stereocenters. The first kappa shape index (κ1) is 14.0. The number of nitrogens with zero attached hydrogens (tertiary/aromatic N) is 4. The lowest BCUT2D eigenvalue weighted by atomic mass is 9.63. The minimum Gasteiger partial charge on any atom is -0.253 e. The highest BCUT2D eigenvalue weighted by molar-refractivity contribution is 5.07. The molecule has 0 aliphatic heterocycles. The molecule has 1 aromatic heterocycles. The number of hydrogen-bond acceptors (Lipinski definition) is 3. The summed E-state index contributed by atoms with van der Waals surface area (Å²) in [5.74, 6) is 1.66. The van der Waals surface area contributed by atoms with Gasteiger partial charge in [0.25, 0.3) is 0 Å². The third kappa shape index (κ3) is 2.97. The van der Waals surface area contributed by atoms with Gasteiger partial charge < -0.3 is 0 Å². The molecular formula is C15H24N4. The number of hydrogen-bond donors (Lipinski definition) is 0. The number of rotatable bonds is 2. The van der Waals surface area contributed by atoms with E-state index in [2.05, 4.69) is 36.9 Å². The Bertz CT molecular complexity index is 467. The van der Waals surface area contributed by atoms with E-state index in [1.165, 1.54) is 0 Å². The molecule has 2 rings (SSSR count). The number of aromatic nitrogens is 3. The molecule has 0 spiro atoms. The molecule has 0 saturated heterocycles. The van der Waals surface area contributed by atoms with Crippen LogP contribution in [0, 0.1) is 28.1 Å². The van der Waals surface area contributed by atoms with Gasteiger partial charge >= 0.3 is 0 Å². The van der Waals surface area contributed by atoms with Crippen LogP contribution >= 0.6 is 0 Å². The quantitative estimate of drug-likeness (QED) is 0.821. The molecule has 19 heavy (non-hydrogen) atoms. The van der Waals surface area contributed by atoms with Crippen LogP contribution in [0.1, 0.15) is 52.3 Å². The van der Waals surface area contributed by atoms with Gasteiger partial charge in [-0.3, -0.25) is 4.68 Å². The van der Waals surface area contributed by atoms with Gasteiger partial charge in [-0.2, -0.15) is 10.4 Å². The van der Waals surface area contributed by atoms with E-state index < -0.39 is 0 Å². The van der Waals surface area contributed by atoms with Crippen LogP contribution in [0.5, 0.6) is 0 Å². The van der Waals surface area contributed by atoms with E-state index in [1.54, 1.807) is 11.0 Å². The Kier molecular flexibility index (Phi) is 3.66. The largest absolute Gasteiger partial charge is 0.253 e. The monoisotopic (exact) mass is 260 g/mol. The van der Waals surface area contributed by atoms with Gasteiger partial charge in [-0.25, -0.2) is 4.98 Å². The summed E-state index contributed by atoms with van der Waals surface area (Å²) < 4.78 is 1.79. The lowest BCUT2D eigenvalue weighted by molar-refractivity contribution is 0.119. The highest BCUT2D eigenvalue weighted by atomic mass is 15.3. The Balaban J connectivity index is 2.07. The molecule has 0 bridgehead atoms. The van der Waals surface area contributed by atoms with Gasteiger partial charge in [-0.05, 0) is 37.0 Å². The molecule has 1 saturated carbocycles. The molecule has 0 unspecified atom stereocenters. The van der Waals surface area contributed by atoms with Crippen molar-refractivity contribution in [3.8, 4) is 6.07 Å². The van der Waals surface area contributed by atoms with Crippen molar-refractivity contribution in [2.24, 2.45) is 23.8 Å². The first-order chi connectivity index (χ1) is 8.86. The first-order valence-electron chi connectivity index (χ1n) is 7.10. The van der Waals surface area contributed by atoms with Crippen LogP contribution in [0.15, 0.2) is 6.33 Å². The van der Waals surface area contributed by atoms with Crippen LogP contribution in [0.4, 0.5) is 0 Å². The third-order valence-corrected chi connectivity index (χ3v) is 4.71. The topological polar surface area (TPSA) is 54.5 Å². The molecule has 1 heterocycles. The predicted octanol–water partition coefficient (Wildman–Crippen LogP) is 3.10. The van der Waals surface area contributed by atoms with Crippen LogP contribution in [0.25, 0.3) is 0 Å². The first-order valence-corrected chi connectivity index (χ1v) is 7.10. The molecule has 0 radical (unpaired) electrons. The normalized spacial score (nSPS) is 28.1. The fraction of sp³-hybridized carbons (Fsp3) is 0.800. The molecule has 4 nitrogen and oxygen atoms in total. The molecule has 1 aliphatic rings. The Hall–Kier alpha value is -1.37. The summed E-state index contributed by atoms with van der Waals surface area (Å²) in [6.07, 6.45) is 6.57. The zero-order valence-electron chi connectivity index (χ0n) is 12.5. The minimum absolute atomic E-state index is 0.234. The van der Waals surface area contributed by atoms with E-state index in [9.17, 15) is 5.26 Å². The van der Waals surface area contributed by atoms with Crippen LogP contribution in [0.3, 0.4) is 0 Å². The highest BCUT2D eigenvalue weighted by Crippen LogP contribution is 2.46. The van der Waals surface area contributed by atoms with E-state index in [0.29, 0.717) is 5.41 Å². The minimum atomic E-state index is -0.234. The Labute approximate surface area is 115 Å². The standard InChI is InChI=1S/C15H24N4/c1-14(2,3)12-5-7-15(10-16,8-6-12)9-13-17-11-18-19(13)4/h11-12H,5-9H2,1-4H3. The average Bonchev–Trinajstić information content (AvgIpc) is 2.74. The number of aryl methyl sites for hydroxylation is 1. The lowest BCUT2D eigenvalue weighted by Gasteiger charge is -2.40. The smallest absolute Gasteiger partial charge is 0.138 e. The zero-order chi connectivity index (χ0) is 14.1. The van der Waals surface area contributed by atoms with E-state index in [-0.39, 0.29) is 5.41 Å². The maximum Gasteiger partial charge on any atom is 0.138 e. The van der Waals surface area contributed by atoms with Gasteiger partial charge in [-0.1, -0.05) is 20.8 Å². The van der Waals surface area contributed by atoms with E-state index in [4.69, 9.17) is 0 Å². The predicted molar refractivity (Wildman–Crippen MR) is 74.2 cm³/mol. The number of nitriles is 1. The molecule has 4 heteroatoms. The summed E-state index contributed by atoms with van der Waals surface area (Å²) >= 11 is 0. The molecule has 1 fully saturated rings. The second kappa shape index (κ2) is 4.96. The van der Waals surface area contributed by atoms with Crippen molar-refractivity contribution in [1.29, 1.82) is 5.26 Å². The van der Waals surface area contributed by atoms with E-state index in [0.717, 1.165) is 43.8 Å². The molecule has 1 aliphatic carbocycles. The van der Waals surface area contributed by atoms with Crippen molar-refractivity contribution in [3.63, 3.8) is 0 Å². The zero-order valence-corrected chi connectivity index (χ0v) is 12.5.